The molecule has 0 fully saturated rings. The second kappa shape index (κ2) is 13.2. The molecule has 5 heteroatoms. The molecule has 1 nitrogen and oxygen atoms in total. The number of benzene rings is 4. The third-order valence-electron chi connectivity index (χ3n) is 7.13. The minimum absolute atomic E-state index is 0.0592. The highest BCUT2D eigenvalue weighted by Crippen LogP contribution is 2.27. The van der Waals surface area contributed by atoms with Crippen LogP contribution in [0.15, 0.2) is 72.8 Å². The zero-order valence-corrected chi connectivity index (χ0v) is 22.0. The summed E-state index contributed by atoms with van der Waals surface area (Å²) in [5, 5.41) is 8.86. The van der Waals surface area contributed by atoms with Gasteiger partial charge in [0, 0.05) is 11.1 Å². The molecular weight excluding hydrogens is 498 g/mol. The zero-order valence-electron chi connectivity index (χ0n) is 22.0. The summed E-state index contributed by atoms with van der Waals surface area (Å²) in [5.41, 5.74) is 4.02. The fraction of sp³-hybridized carbons (Fsp3) is 0.265. The van der Waals surface area contributed by atoms with Gasteiger partial charge in [0.25, 0.3) is 0 Å². The van der Waals surface area contributed by atoms with Crippen LogP contribution < -0.4 is 0 Å². The number of nitriles is 1. The molecule has 0 atom stereocenters. The third-order valence-corrected chi connectivity index (χ3v) is 7.13. The lowest BCUT2D eigenvalue weighted by Gasteiger charge is -2.08. The van der Waals surface area contributed by atoms with E-state index in [4.69, 9.17) is 5.26 Å². The van der Waals surface area contributed by atoms with Gasteiger partial charge in [0.1, 0.15) is 29.3 Å². The Labute approximate surface area is 227 Å². The van der Waals surface area contributed by atoms with Gasteiger partial charge in [-0.2, -0.15) is 5.26 Å². The van der Waals surface area contributed by atoms with Gasteiger partial charge in [-0.1, -0.05) is 68.1 Å². The molecule has 4 rings (SSSR count). The number of rotatable bonds is 11. The molecule has 4 aromatic carbocycles. The fourth-order valence-corrected chi connectivity index (χ4v) is 4.80. The number of aryl methyl sites for hydroxylation is 3. The predicted molar refractivity (Wildman–Crippen MR) is 148 cm³/mol. The van der Waals surface area contributed by atoms with Gasteiger partial charge in [-0.15, -0.1) is 0 Å². The van der Waals surface area contributed by atoms with E-state index in [0.29, 0.717) is 27.8 Å². The van der Waals surface area contributed by atoms with Crippen LogP contribution in [-0.2, 0) is 12.8 Å². The van der Waals surface area contributed by atoms with Gasteiger partial charge in [0.05, 0.1) is 5.56 Å². The Morgan fingerprint density at radius 3 is 1.49 bits per heavy atom. The van der Waals surface area contributed by atoms with Crippen LogP contribution in [0.25, 0.3) is 22.3 Å². The molecule has 0 radical (unpaired) electrons. The summed E-state index contributed by atoms with van der Waals surface area (Å²) >= 11 is 0. The topological polar surface area (TPSA) is 23.8 Å². The van der Waals surface area contributed by atoms with Gasteiger partial charge in [0.2, 0.25) is 0 Å². The summed E-state index contributed by atoms with van der Waals surface area (Å²) in [4.78, 5) is 0. The maximum Gasteiger partial charge on any atom is 0.141 e. The van der Waals surface area contributed by atoms with Crippen molar-refractivity contribution in [3.63, 3.8) is 0 Å². The van der Waals surface area contributed by atoms with E-state index in [-0.39, 0.29) is 17.2 Å². The molecule has 0 saturated carbocycles. The molecular formula is C34H31F4N. The van der Waals surface area contributed by atoms with Crippen LogP contribution in [0, 0.1) is 41.5 Å². The lowest BCUT2D eigenvalue weighted by molar-refractivity contribution is 0.589. The Kier molecular flexibility index (Phi) is 9.54. The van der Waals surface area contributed by atoms with E-state index in [1.165, 1.54) is 24.3 Å². The normalized spacial score (nSPS) is 11.0. The van der Waals surface area contributed by atoms with Gasteiger partial charge in [-0.3, -0.25) is 0 Å². The lowest BCUT2D eigenvalue weighted by atomic mass is 9.98. The highest BCUT2D eigenvalue weighted by atomic mass is 19.1. The van der Waals surface area contributed by atoms with Crippen LogP contribution in [0.4, 0.5) is 17.6 Å². The highest BCUT2D eigenvalue weighted by Gasteiger charge is 2.11. The summed E-state index contributed by atoms with van der Waals surface area (Å²) in [5.74, 6) is -1.71. The van der Waals surface area contributed by atoms with Crippen molar-refractivity contribution in [3.8, 4) is 28.3 Å². The van der Waals surface area contributed by atoms with Crippen molar-refractivity contribution in [2.45, 2.75) is 58.3 Å². The number of hydrogen-bond acceptors (Lipinski definition) is 1. The molecule has 0 spiro atoms. The Balaban J connectivity index is 1.16. The first-order valence-electron chi connectivity index (χ1n) is 13.4. The molecule has 0 aliphatic heterocycles. The molecule has 0 aliphatic carbocycles. The average molecular weight is 530 g/mol. The van der Waals surface area contributed by atoms with E-state index in [9.17, 15) is 17.6 Å². The summed E-state index contributed by atoms with van der Waals surface area (Å²) < 4.78 is 57.0. The predicted octanol–water partition coefficient (Wildman–Crippen LogP) is 9.88. The van der Waals surface area contributed by atoms with Crippen molar-refractivity contribution in [2.24, 2.45) is 0 Å². The smallest absolute Gasteiger partial charge is 0.141 e. The molecule has 0 aliphatic rings. The van der Waals surface area contributed by atoms with Crippen LogP contribution in [-0.4, -0.2) is 0 Å². The average Bonchev–Trinajstić information content (AvgIpc) is 2.92. The second-order valence-electron chi connectivity index (χ2n) is 10.0. The monoisotopic (exact) mass is 529 g/mol. The van der Waals surface area contributed by atoms with Gasteiger partial charge < -0.3 is 0 Å². The van der Waals surface area contributed by atoms with Crippen LogP contribution in [0.2, 0.25) is 0 Å². The van der Waals surface area contributed by atoms with Gasteiger partial charge in [-0.05, 0) is 90.8 Å². The van der Waals surface area contributed by atoms with Crippen LogP contribution in [0.3, 0.4) is 0 Å². The summed E-state index contributed by atoms with van der Waals surface area (Å²) in [6.45, 7) is 1.68. The van der Waals surface area contributed by atoms with Crippen molar-refractivity contribution >= 4 is 0 Å². The van der Waals surface area contributed by atoms with E-state index in [1.54, 1.807) is 49.4 Å². The van der Waals surface area contributed by atoms with Crippen molar-refractivity contribution in [1.29, 1.82) is 5.26 Å². The minimum Gasteiger partial charge on any atom is -0.207 e. The van der Waals surface area contributed by atoms with E-state index >= 15 is 0 Å². The standard InChI is InChI=1S/C34H31F4N/c1-23-10-13-26(20-31(23)35)29-16-11-24(18-33(29)37)8-6-4-2-3-5-7-9-25-12-17-30(34(38)19-25)27-14-15-28(22-39)32(36)21-27/h10-21H,2-9H2,1H3. The molecule has 0 heterocycles. The van der Waals surface area contributed by atoms with E-state index < -0.39 is 11.6 Å². The first kappa shape index (κ1) is 28.1. The van der Waals surface area contributed by atoms with Crippen molar-refractivity contribution < 1.29 is 17.6 Å². The fourth-order valence-electron chi connectivity index (χ4n) is 4.80. The van der Waals surface area contributed by atoms with Gasteiger partial charge in [0.15, 0.2) is 0 Å². The molecule has 0 saturated heterocycles. The lowest BCUT2D eigenvalue weighted by Crippen LogP contribution is -1.93. The van der Waals surface area contributed by atoms with E-state index in [0.717, 1.165) is 62.5 Å². The number of halogens is 4. The maximum atomic E-state index is 14.6. The Bertz CT molecular complexity index is 1490. The maximum absolute atomic E-state index is 14.6. The molecule has 4 aromatic rings. The summed E-state index contributed by atoms with van der Waals surface area (Å²) in [6, 6.07) is 20.9. The largest absolute Gasteiger partial charge is 0.207 e. The molecule has 0 amide bonds. The SMILES string of the molecule is Cc1ccc(-c2ccc(CCCCCCCCc3ccc(-c4ccc(C#N)c(F)c4)c(F)c3)cc2F)cc1F. The number of hydrogen-bond donors (Lipinski definition) is 0. The summed E-state index contributed by atoms with van der Waals surface area (Å²) in [7, 11) is 0. The Morgan fingerprint density at radius 2 is 1.03 bits per heavy atom. The van der Waals surface area contributed by atoms with E-state index in [2.05, 4.69) is 0 Å². The number of nitrogens with zero attached hydrogens (tertiary/aromatic N) is 1. The Hall–Kier alpha value is -3.91. The molecule has 0 bridgehead atoms. The highest BCUT2D eigenvalue weighted by molar-refractivity contribution is 5.66. The second-order valence-corrected chi connectivity index (χ2v) is 10.0. The number of unbranched alkanes of at least 4 members (excludes halogenated alkanes) is 5. The molecule has 0 N–H and O–H groups in total. The van der Waals surface area contributed by atoms with E-state index in [1.807, 2.05) is 12.1 Å². The van der Waals surface area contributed by atoms with Crippen molar-refractivity contribution in [2.75, 3.05) is 0 Å². The van der Waals surface area contributed by atoms with Crippen LogP contribution >= 0.6 is 0 Å². The molecule has 39 heavy (non-hydrogen) atoms. The Morgan fingerprint density at radius 1 is 0.538 bits per heavy atom. The quantitative estimate of drug-likeness (QED) is 0.140. The third kappa shape index (κ3) is 7.35. The molecule has 0 unspecified atom stereocenters. The van der Waals surface area contributed by atoms with Gasteiger partial charge in [-0.25, -0.2) is 17.6 Å². The first-order valence-corrected chi connectivity index (χ1v) is 13.4. The molecule has 0 aromatic heterocycles. The molecule has 200 valence electrons. The summed E-state index contributed by atoms with van der Waals surface area (Å²) in [6.07, 6.45) is 7.76. The van der Waals surface area contributed by atoms with Gasteiger partial charge >= 0.3 is 0 Å². The zero-order chi connectivity index (χ0) is 27.8. The minimum atomic E-state index is -0.653. The van der Waals surface area contributed by atoms with Crippen LogP contribution in [0.5, 0.6) is 0 Å². The van der Waals surface area contributed by atoms with Crippen molar-refractivity contribution in [3.05, 3.63) is 118 Å². The van der Waals surface area contributed by atoms with Crippen molar-refractivity contribution in [1.82, 2.24) is 0 Å². The first-order chi connectivity index (χ1) is 18.9. The van der Waals surface area contributed by atoms with Crippen LogP contribution in [0.1, 0.15) is 60.8 Å².